The molecule has 170 valence electrons. The molecular formula is C26H31F5. The molecule has 0 heterocycles. The van der Waals surface area contributed by atoms with Crippen molar-refractivity contribution in [3.05, 3.63) is 47.0 Å². The van der Waals surface area contributed by atoms with E-state index in [0.717, 1.165) is 42.7 Å². The minimum atomic E-state index is -4.84. The third kappa shape index (κ3) is 4.90. The first-order valence-electron chi connectivity index (χ1n) is 11.8. The normalized spacial score (nSPS) is 26.8. The van der Waals surface area contributed by atoms with Crippen LogP contribution in [0.1, 0.15) is 88.2 Å². The maximum atomic E-state index is 14.7. The number of fused-ring (bicyclic) bond motifs is 2. The van der Waals surface area contributed by atoms with E-state index in [-0.39, 0.29) is 16.7 Å². The van der Waals surface area contributed by atoms with Gasteiger partial charge >= 0.3 is 6.18 Å². The molecule has 0 N–H and O–H groups in total. The summed E-state index contributed by atoms with van der Waals surface area (Å²) in [6.45, 7) is 2.23. The fraction of sp³-hybridized carbons (Fsp3) is 0.615. The summed E-state index contributed by atoms with van der Waals surface area (Å²) in [6, 6.07) is 4.50. The minimum Gasteiger partial charge on any atom is -0.206 e. The smallest absolute Gasteiger partial charge is 0.206 e. The van der Waals surface area contributed by atoms with Crippen molar-refractivity contribution < 1.29 is 22.0 Å². The van der Waals surface area contributed by atoms with E-state index in [1.54, 1.807) is 6.07 Å². The number of halogens is 5. The fourth-order valence-corrected chi connectivity index (χ4v) is 6.05. The van der Waals surface area contributed by atoms with Gasteiger partial charge in [0, 0.05) is 5.39 Å². The summed E-state index contributed by atoms with van der Waals surface area (Å²) in [6.07, 6.45) is 7.28. The van der Waals surface area contributed by atoms with Crippen LogP contribution in [0, 0.1) is 29.4 Å². The molecule has 0 radical (unpaired) electrons. The highest BCUT2D eigenvalue weighted by atomic mass is 19.4. The van der Waals surface area contributed by atoms with Crippen molar-refractivity contribution >= 4 is 10.8 Å². The maximum Gasteiger partial charge on any atom is 0.419 e. The molecule has 2 fully saturated rings. The second kappa shape index (κ2) is 9.07. The Morgan fingerprint density at radius 1 is 0.839 bits per heavy atom. The molecule has 0 saturated heterocycles. The van der Waals surface area contributed by atoms with E-state index in [9.17, 15) is 22.0 Å². The summed E-state index contributed by atoms with van der Waals surface area (Å²) in [4.78, 5) is 0. The third-order valence-electron chi connectivity index (χ3n) is 7.73. The third-order valence-corrected chi connectivity index (χ3v) is 7.73. The van der Waals surface area contributed by atoms with Crippen LogP contribution < -0.4 is 0 Å². The van der Waals surface area contributed by atoms with Gasteiger partial charge in [-0.1, -0.05) is 45.1 Å². The van der Waals surface area contributed by atoms with Crippen LogP contribution in [0.25, 0.3) is 10.8 Å². The fourth-order valence-electron chi connectivity index (χ4n) is 6.05. The lowest BCUT2D eigenvalue weighted by Gasteiger charge is -2.42. The van der Waals surface area contributed by atoms with Gasteiger partial charge in [0.2, 0.25) is 0 Å². The molecule has 2 aliphatic rings. The average molecular weight is 439 g/mol. The van der Waals surface area contributed by atoms with Crippen LogP contribution in [0.2, 0.25) is 0 Å². The van der Waals surface area contributed by atoms with Gasteiger partial charge in [-0.15, -0.1) is 0 Å². The molecule has 2 aromatic carbocycles. The molecule has 4 rings (SSSR count). The monoisotopic (exact) mass is 438 g/mol. The quantitative estimate of drug-likeness (QED) is 0.323. The predicted octanol–water partition coefficient (Wildman–Crippen LogP) is 9.02. The van der Waals surface area contributed by atoms with Gasteiger partial charge in [0.25, 0.3) is 0 Å². The van der Waals surface area contributed by atoms with E-state index in [1.807, 2.05) is 0 Å². The first-order valence-corrected chi connectivity index (χ1v) is 11.8. The van der Waals surface area contributed by atoms with Crippen LogP contribution in [-0.4, -0.2) is 0 Å². The van der Waals surface area contributed by atoms with Crippen LogP contribution in [0.15, 0.2) is 24.3 Å². The Morgan fingerprint density at radius 2 is 1.58 bits per heavy atom. The summed E-state index contributed by atoms with van der Waals surface area (Å²) in [5.74, 6) is 0.384. The Labute approximate surface area is 181 Å². The van der Waals surface area contributed by atoms with E-state index in [1.165, 1.54) is 51.0 Å². The highest BCUT2D eigenvalue weighted by molar-refractivity contribution is 5.85. The zero-order valence-corrected chi connectivity index (χ0v) is 18.1. The van der Waals surface area contributed by atoms with Crippen molar-refractivity contribution in [2.24, 2.45) is 17.8 Å². The van der Waals surface area contributed by atoms with Crippen molar-refractivity contribution in [1.29, 1.82) is 0 Å². The standard InChI is InChI=1S/C26H31F5/c1-2-3-4-5-16-6-7-18-11-19(9-8-17(18)10-16)20-12-21-14-25(28)23(26(29,30)31)15-22(21)24(27)13-20/h12-19H,2-11H2,1H3/t16-,17?,18-,19?/m1/s1. The summed E-state index contributed by atoms with van der Waals surface area (Å²) < 4.78 is 67.8. The lowest BCUT2D eigenvalue weighted by molar-refractivity contribution is -0.139. The second-order valence-corrected chi connectivity index (χ2v) is 9.76. The minimum absolute atomic E-state index is 0.168. The van der Waals surface area contributed by atoms with Crippen LogP contribution in [0.4, 0.5) is 22.0 Å². The Morgan fingerprint density at radius 3 is 2.32 bits per heavy atom. The van der Waals surface area contributed by atoms with Crippen LogP contribution in [0.5, 0.6) is 0 Å². The molecule has 5 heteroatoms. The van der Waals surface area contributed by atoms with Gasteiger partial charge in [0.05, 0.1) is 5.56 Å². The van der Waals surface area contributed by atoms with E-state index >= 15 is 0 Å². The molecule has 2 saturated carbocycles. The molecule has 0 amide bonds. The molecule has 4 atom stereocenters. The zero-order valence-electron chi connectivity index (χ0n) is 18.1. The van der Waals surface area contributed by atoms with Crippen LogP contribution >= 0.6 is 0 Å². The Hall–Kier alpha value is -1.65. The van der Waals surface area contributed by atoms with E-state index < -0.39 is 23.4 Å². The van der Waals surface area contributed by atoms with Gasteiger partial charge in [-0.3, -0.25) is 0 Å². The van der Waals surface area contributed by atoms with Gasteiger partial charge in [-0.25, -0.2) is 8.78 Å². The number of benzene rings is 2. The van der Waals surface area contributed by atoms with Crippen molar-refractivity contribution in [3.63, 3.8) is 0 Å². The number of unbranched alkanes of at least 4 members (excludes halogenated alkanes) is 2. The van der Waals surface area contributed by atoms with E-state index in [0.29, 0.717) is 12.0 Å². The number of hydrogen-bond donors (Lipinski definition) is 0. The molecule has 0 aliphatic heterocycles. The topological polar surface area (TPSA) is 0 Å². The Balaban J connectivity index is 1.49. The Bertz CT molecular complexity index is 916. The maximum absolute atomic E-state index is 14.7. The zero-order chi connectivity index (χ0) is 22.2. The van der Waals surface area contributed by atoms with Crippen LogP contribution in [0.3, 0.4) is 0 Å². The van der Waals surface area contributed by atoms with Crippen molar-refractivity contribution in [2.75, 3.05) is 0 Å². The van der Waals surface area contributed by atoms with Crippen molar-refractivity contribution in [3.8, 4) is 0 Å². The molecule has 0 bridgehead atoms. The lowest BCUT2D eigenvalue weighted by atomic mass is 9.63. The highest BCUT2D eigenvalue weighted by Crippen LogP contribution is 2.49. The molecule has 0 spiro atoms. The second-order valence-electron chi connectivity index (χ2n) is 9.76. The average Bonchev–Trinajstić information content (AvgIpc) is 2.72. The first kappa shape index (κ1) is 22.5. The number of rotatable bonds is 5. The summed E-state index contributed by atoms with van der Waals surface area (Å²) >= 11 is 0. The van der Waals surface area contributed by atoms with Crippen molar-refractivity contribution in [1.82, 2.24) is 0 Å². The first-order chi connectivity index (χ1) is 14.8. The van der Waals surface area contributed by atoms with Gasteiger partial charge in [0.15, 0.2) is 0 Å². The van der Waals surface area contributed by atoms with Gasteiger partial charge < -0.3 is 0 Å². The SMILES string of the molecule is CCCCC[C@@H]1CC[C@@H]2CC(c3cc(F)c4cc(C(F)(F)F)c(F)cc4c3)CCC2C1. The lowest BCUT2D eigenvalue weighted by Crippen LogP contribution is -2.30. The Kier molecular flexibility index (Phi) is 6.60. The largest absolute Gasteiger partial charge is 0.419 e. The number of hydrogen-bond acceptors (Lipinski definition) is 0. The summed E-state index contributed by atoms with van der Waals surface area (Å²) in [5, 5.41) is 0.0426. The molecule has 31 heavy (non-hydrogen) atoms. The highest BCUT2D eigenvalue weighted by Gasteiger charge is 2.37. The summed E-state index contributed by atoms with van der Waals surface area (Å²) in [5.41, 5.74) is -0.615. The van der Waals surface area contributed by atoms with Gasteiger partial charge in [0.1, 0.15) is 11.6 Å². The van der Waals surface area contributed by atoms with E-state index in [4.69, 9.17) is 0 Å². The molecule has 2 aromatic rings. The molecular weight excluding hydrogens is 407 g/mol. The molecule has 0 nitrogen and oxygen atoms in total. The molecule has 2 aliphatic carbocycles. The predicted molar refractivity (Wildman–Crippen MR) is 114 cm³/mol. The van der Waals surface area contributed by atoms with Gasteiger partial charge in [-0.2, -0.15) is 13.2 Å². The van der Waals surface area contributed by atoms with Gasteiger partial charge in [-0.05, 0) is 84.9 Å². The summed E-state index contributed by atoms with van der Waals surface area (Å²) in [7, 11) is 0. The van der Waals surface area contributed by atoms with Crippen LogP contribution in [-0.2, 0) is 6.18 Å². The molecule has 0 aromatic heterocycles. The molecule has 2 unspecified atom stereocenters. The van der Waals surface area contributed by atoms with Crippen molar-refractivity contribution in [2.45, 2.75) is 83.2 Å². The van der Waals surface area contributed by atoms with E-state index in [2.05, 4.69) is 6.92 Å². The number of alkyl halides is 3.